The minimum absolute atomic E-state index is 0.250. The Hall–Kier alpha value is -1.85. The van der Waals surface area contributed by atoms with Crippen molar-refractivity contribution < 1.29 is 13.2 Å². The van der Waals surface area contributed by atoms with E-state index in [1.165, 1.54) is 0 Å². The summed E-state index contributed by atoms with van der Waals surface area (Å²) in [4.78, 5) is 0.321. The Bertz CT molecular complexity index is 722. The van der Waals surface area contributed by atoms with E-state index in [1.54, 1.807) is 38.3 Å². The van der Waals surface area contributed by atoms with Crippen molar-refractivity contribution in [3.05, 3.63) is 59.2 Å². The van der Waals surface area contributed by atoms with Crippen LogP contribution in [0.2, 0.25) is 0 Å². The Labute approximate surface area is 125 Å². The van der Waals surface area contributed by atoms with Crippen LogP contribution in [0.4, 0.5) is 0 Å². The van der Waals surface area contributed by atoms with Gasteiger partial charge in [0, 0.05) is 6.54 Å². The largest absolute Gasteiger partial charge is 0.497 e. The lowest BCUT2D eigenvalue weighted by molar-refractivity contribution is 0.414. The first-order valence-corrected chi connectivity index (χ1v) is 8.10. The lowest BCUT2D eigenvalue weighted by atomic mass is 10.2. The van der Waals surface area contributed by atoms with Gasteiger partial charge >= 0.3 is 0 Å². The van der Waals surface area contributed by atoms with Crippen LogP contribution in [-0.2, 0) is 16.6 Å². The number of sulfonamides is 1. The molecule has 0 radical (unpaired) electrons. The summed E-state index contributed by atoms with van der Waals surface area (Å²) >= 11 is 0. The van der Waals surface area contributed by atoms with Crippen molar-refractivity contribution in [1.82, 2.24) is 4.72 Å². The number of hydrogen-bond acceptors (Lipinski definition) is 3. The molecule has 2 aromatic carbocycles. The Balaban J connectivity index is 2.13. The molecule has 112 valence electrons. The van der Waals surface area contributed by atoms with Gasteiger partial charge in [0.15, 0.2) is 0 Å². The van der Waals surface area contributed by atoms with Crippen molar-refractivity contribution >= 4 is 10.0 Å². The van der Waals surface area contributed by atoms with Gasteiger partial charge in [0.25, 0.3) is 0 Å². The maximum Gasteiger partial charge on any atom is 0.241 e. The number of nitrogens with one attached hydrogen (secondary N) is 1. The predicted octanol–water partition coefficient (Wildman–Crippen LogP) is 2.79. The average molecular weight is 305 g/mol. The maximum absolute atomic E-state index is 12.3. The third-order valence-corrected chi connectivity index (χ3v) is 4.81. The van der Waals surface area contributed by atoms with Crippen molar-refractivity contribution in [3.8, 4) is 5.75 Å². The fraction of sp³-hybridized carbons (Fsp3) is 0.250. The molecule has 0 saturated heterocycles. The van der Waals surface area contributed by atoms with Gasteiger partial charge in [-0.05, 0) is 43.2 Å². The van der Waals surface area contributed by atoms with E-state index in [2.05, 4.69) is 4.72 Å². The van der Waals surface area contributed by atoms with Crippen LogP contribution < -0.4 is 9.46 Å². The zero-order valence-electron chi connectivity index (χ0n) is 12.4. The molecule has 0 aliphatic rings. The monoisotopic (exact) mass is 305 g/mol. The minimum Gasteiger partial charge on any atom is -0.497 e. The standard InChI is InChI=1S/C16H19NO3S/c1-12-4-9-16(13(2)10-12)21(18,19)17-11-14-5-7-15(20-3)8-6-14/h4-10,17H,11H2,1-3H3. The Morgan fingerprint density at radius 3 is 2.29 bits per heavy atom. The molecule has 0 amide bonds. The van der Waals surface area contributed by atoms with Gasteiger partial charge < -0.3 is 4.74 Å². The number of ether oxygens (including phenoxy) is 1. The zero-order chi connectivity index (χ0) is 15.5. The van der Waals surface area contributed by atoms with E-state index in [4.69, 9.17) is 4.74 Å². The van der Waals surface area contributed by atoms with Crippen LogP contribution in [0.1, 0.15) is 16.7 Å². The normalized spacial score (nSPS) is 11.4. The Morgan fingerprint density at radius 1 is 1.05 bits per heavy atom. The summed E-state index contributed by atoms with van der Waals surface area (Å²) in [5, 5.41) is 0. The molecule has 0 aromatic heterocycles. The molecule has 21 heavy (non-hydrogen) atoms. The van der Waals surface area contributed by atoms with Crippen LogP contribution in [0.15, 0.2) is 47.4 Å². The first kappa shape index (κ1) is 15.5. The number of benzene rings is 2. The van der Waals surface area contributed by atoms with Crippen molar-refractivity contribution in [2.45, 2.75) is 25.3 Å². The summed E-state index contributed by atoms with van der Waals surface area (Å²) in [6.45, 7) is 3.99. The first-order chi connectivity index (χ1) is 9.92. The molecule has 0 aliphatic heterocycles. The SMILES string of the molecule is COc1ccc(CNS(=O)(=O)c2ccc(C)cc2C)cc1. The lowest BCUT2D eigenvalue weighted by Crippen LogP contribution is -2.24. The van der Waals surface area contributed by atoms with Gasteiger partial charge in [-0.15, -0.1) is 0 Å². The Kier molecular flexibility index (Phi) is 4.65. The predicted molar refractivity (Wildman–Crippen MR) is 82.9 cm³/mol. The fourth-order valence-corrected chi connectivity index (χ4v) is 3.34. The summed E-state index contributed by atoms with van der Waals surface area (Å²) in [6, 6.07) is 12.6. The fourth-order valence-electron chi connectivity index (χ4n) is 2.10. The highest BCUT2D eigenvalue weighted by Crippen LogP contribution is 2.17. The molecule has 0 spiro atoms. The maximum atomic E-state index is 12.3. The molecule has 0 atom stereocenters. The summed E-state index contributed by atoms with van der Waals surface area (Å²) in [5.74, 6) is 0.746. The smallest absolute Gasteiger partial charge is 0.241 e. The summed E-state index contributed by atoms with van der Waals surface area (Å²) in [7, 11) is -1.91. The van der Waals surface area contributed by atoms with E-state index in [1.807, 2.05) is 25.1 Å². The number of rotatable bonds is 5. The number of aryl methyl sites for hydroxylation is 2. The van der Waals surface area contributed by atoms with E-state index in [0.717, 1.165) is 22.4 Å². The molecule has 4 nitrogen and oxygen atoms in total. The third-order valence-electron chi connectivity index (χ3n) is 3.25. The van der Waals surface area contributed by atoms with E-state index >= 15 is 0 Å². The first-order valence-electron chi connectivity index (χ1n) is 6.62. The second kappa shape index (κ2) is 6.28. The van der Waals surface area contributed by atoms with Crippen molar-refractivity contribution in [1.29, 1.82) is 0 Å². The second-order valence-corrected chi connectivity index (χ2v) is 6.68. The molecule has 0 heterocycles. The second-order valence-electron chi connectivity index (χ2n) is 4.94. The van der Waals surface area contributed by atoms with Crippen LogP contribution in [-0.4, -0.2) is 15.5 Å². The highest BCUT2D eigenvalue weighted by molar-refractivity contribution is 7.89. The molecule has 0 aliphatic carbocycles. The molecule has 0 unspecified atom stereocenters. The average Bonchev–Trinajstić information content (AvgIpc) is 2.45. The summed E-state index contributed by atoms with van der Waals surface area (Å²) in [5.41, 5.74) is 2.67. The molecular weight excluding hydrogens is 286 g/mol. The van der Waals surface area contributed by atoms with Crippen LogP contribution in [0.5, 0.6) is 5.75 Å². The lowest BCUT2D eigenvalue weighted by Gasteiger charge is -2.10. The van der Waals surface area contributed by atoms with E-state index in [9.17, 15) is 8.42 Å². The van der Waals surface area contributed by atoms with Crippen molar-refractivity contribution in [2.75, 3.05) is 7.11 Å². The van der Waals surface area contributed by atoms with E-state index < -0.39 is 10.0 Å². The number of hydrogen-bond donors (Lipinski definition) is 1. The highest BCUT2D eigenvalue weighted by Gasteiger charge is 2.16. The topological polar surface area (TPSA) is 55.4 Å². The zero-order valence-corrected chi connectivity index (χ0v) is 13.2. The molecule has 1 N–H and O–H groups in total. The van der Waals surface area contributed by atoms with Crippen molar-refractivity contribution in [3.63, 3.8) is 0 Å². The van der Waals surface area contributed by atoms with Gasteiger partial charge in [-0.2, -0.15) is 0 Å². The molecule has 2 rings (SSSR count). The van der Waals surface area contributed by atoms with Gasteiger partial charge in [-0.3, -0.25) is 0 Å². The summed E-state index contributed by atoms with van der Waals surface area (Å²) < 4.78 is 32.3. The van der Waals surface area contributed by atoms with Crippen LogP contribution >= 0.6 is 0 Å². The third kappa shape index (κ3) is 3.83. The molecule has 5 heteroatoms. The van der Waals surface area contributed by atoms with Crippen LogP contribution in [0.25, 0.3) is 0 Å². The highest BCUT2D eigenvalue weighted by atomic mass is 32.2. The quantitative estimate of drug-likeness (QED) is 0.924. The van der Waals surface area contributed by atoms with Crippen LogP contribution in [0, 0.1) is 13.8 Å². The molecule has 2 aromatic rings. The van der Waals surface area contributed by atoms with E-state index in [-0.39, 0.29) is 6.54 Å². The minimum atomic E-state index is -3.50. The molecule has 0 saturated carbocycles. The molecule has 0 bridgehead atoms. The number of methoxy groups -OCH3 is 1. The molecular formula is C16H19NO3S. The molecule has 0 fully saturated rings. The van der Waals surface area contributed by atoms with Gasteiger partial charge in [0.2, 0.25) is 10.0 Å². The Morgan fingerprint density at radius 2 is 1.71 bits per heavy atom. The summed E-state index contributed by atoms with van der Waals surface area (Å²) in [6.07, 6.45) is 0. The van der Waals surface area contributed by atoms with Gasteiger partial charge in [0.1, 0.15) is 5.75 Å². The van der Waals surface area contributed by atoms with Crippen molar-refractivity contribution in [2.24, 2.45) is 0 Å². The van der Waals surface area contributed by atoms with Gasteiger partial charge in [0.05, 0.1) is 12.0 Å². The van der Waals surface area contributed by atoms with Crippen LogP contribution in [0.3, 0.4) is 0 Å². The van der Waals surface area contributed by atoms with E-state index in [0.29, 0.717) is 4.90 Å². The van der Waals surface area contributed by atoms with Gasteiger partial charge in [-0.25, -0.2) is 13.1 Å². The van der Waals surface area contributed by atoms with Gasteiger partial charge in [-0.1, -0.05) is 29.8 Å².